The van der Waals surface area contributed by atoms with Gasteiger partial charge in [0, 0.05) is 30.2 Å². The molecule has 5 heteroatoms. The average Bonchev–Trinajstić information content (AvgIpc) is 2.93. The average molecular weight is 312 g/mol. The molecule has 1 heterocycles. The summed E-state index contributed by atoms with van der Waals surface area (Å²) in [5, 5.41) is 8.71. The predicted octanol–water partition coefficient (Wildman–Crippen LogP) is 2.95. The molecule has 0 fully saturated rings. The fraction of sp³-hybridized carbons (Fsp3) is 0.222. The van der Waals surface area contributed by atoms with Gasteiger partial charge in [-0.1, -0.05) is 12.1 Å². The van der Waals surface area contributed by atoms with Crippen LogP contribution < -0.4 is 4.90 Å². The number of amides is 1. The highest BCUT2D eigenvalue weighted by Crippen LogP contribution is 2.17. The number of likely N-dealkylation sites (N-methyl/N-ethyl adjacent to an activating group) is 1. The van der Waals surface area contributed by atoms with Gasteiger partial charge in [-0.25, -0.2) is 4.79 Å². The Balaban J connectivity index is 2.18. The van der Waals surface area contributed by atoms with Crippen LogP contribution in [0.3, 0.4) is 0 Å². The summed E-state index contributed by atoms with van der Waals surface area (Å²) in [4.78, 5) is 25.0. The number of benzene rings is 1. The van der Waals surface area contributed by atoms with Gasteiger partial charge < -0.3 is 14.6 Å². The van der Waals surface area contributed by atoms with Crippen LogP contribution in [0.25, 0.3) is 6.08 Å². The number of anilines is 1. The number of carboxylic acids is 1. The minimum absolute atomic E-state index is 0.0423. The fourth-order valence-electron chi connectivity index (χ4n) is 2.41. The van der Waals surface area contributed by atoms with E-state index in [1.54, 1.807) is 27.8 Å². The standard InChI is InChI=1S/C18H20N2O3/c1-3-20(16-7-4-6-14(2)12-16)17(21)13-19-11-5-8-15(19)9-10-18(22)23/h4-12H,3,13H2,1-2H3,(H,22,23)/b10-9+. The first-order valence-corrected chi connectivity index (χ1v) is 7.44. The van der Waals surface area contributed by atoms with Crippen molar-refractivity contribution in [3.63, 3.8) is 0 Å². The van der Waals surface area contributed by atoms with Crippen LogP contribution in [-0.4, -0.2) is 28.1 Å². The van der Waals surface area contributed by atoms with Crippen molar-refractivity contribution in [3.05, 3.63) is 59.9 Å². The lowest BCUT2D eigenvalue weighted by Gasteiger charge is -2.22. The van der Waals surface area contributed by atoms with Crippen LogP contribution in [0.15, 0.2) is 48.7 Å². The Kier molecular flexibility index (Phi) is 5.36. The van der Waals surface area contributed by atoms with E-state index >= 15 is 0 Å². The third-order valence-electron chi connectivity index (χ3n) is 3.50. The Morgan fingerprint density at radius 1 is 1.26 bits per heavy atom. The molecule has 23 heavy (non-hydrogen) atoms. The van der Waals surface area contributed by atoms with Crippen LogP contribution in [0.5, 0.6) is 0 Å². The van der Waals surface area contributed by atoms with Crippen LogP contribution in [0.2, 0.25) is 0 Å². The van der Waals surface area contributed by atoms with Crippen molar-refractivity contribution < 1.29 is 14.7 Å². The third-order valence-corrected chi connectivity index (χ3v) is 3.50. The van der Waals surface area contributed by atoms with Crippen LogP contribution in [0.1, 0.15) is 18.2 Å². The van der Waals surface area contributed by atoms with Crippen molar-refractivity contribution in [1.82, 2.24) is 4.57 Å². The molecule has 0 bridgehead atoms. The zero-order valence-electron chi connectivity index (χ0n) is 13.3. The van der Waals surface area contributed by atoms with Gasteiger partial charge in [0.2, 0.25) is 5.91 Å². The van der Waals surface area contributed by atoms with E-state index in [2.05, 4.69) is 0 Å². The lowest BCUT2D eigenvalue weighted by Crippen LogP contribution is -2.33. The molecule has 120 valence electrons. The largest absolute Gasteiger partial charge is 0.478 e. The second kappa shape index (κ2) is 7.45. The zero-order chi connectivity index (χ0) is 16.8. The number of rotatable bonds is 6. The van der Waals surface area contributed by atoms with E-state index in [1.807, 2.05) is 38.1 Å². The molecule has 2 rings (SSSR count). The summed E-state index contributed by atoms with van der Waals surface area (Å²) < 4.78 is 1.74. The molecule has 1 N–H and O–H groups in total. The smallest absolute Gasteiger partial charge is 0.328 e. The topological polar surface area (TPSA) is 62.5 Å². The number of carboxylic acid groups (broad SMARTS) is 1. The minimum atomic E-state index is -1.01. The van der Waals surface area contributed by atoms with Gasteiger partial charge in [0.25, 0.3) is 0 Å². The van der Waals surface area contributed by atoms with Crippen molar-refractivity contribution in [2.75, 3.05) is 11.4 Å². The lowest BCUT2D eigenvalue weighted by atomic mass is 10.2. The number of hydrogen-bond acceptors (Lipinski definition) is 2. The molecular weight excluding hydrogens is 292 g/mol. The number of carbonyl (C=O) groups is 2. The summed E-state index contributed by atoms with van der Waals surface area (Å²) in [6.45, 7) is 4.65. The molecule has 0 unspecified atom stereocenters. The molecule has 0 saturated heterocycles. The van der Waals surface area contributed by atoms with Crippen molar-refractivity contribution in [2.45, 2.75) is 20.4 Å². The van der Waals surface area contributed by atoms with Gasteiger partial charge in [0.1, 0.15) is 6.54 Å². The van der Waals surface area contributed by atoms with Crippen LogP contribution in [-0.2, 0) is 16.1 Å². The van der Waals surface area contributed by atoms with Crippen LogP contribution >= 0.6 is 0 Å². The van der Waals surface area contributed by atoms with Crippen LogP contribution in [0.4, 0.5) is 5.69 Å². The molecule has 0 saturated carbocycles. The van der Waals surface area contributed by atoms with Crippen molar-refractivity contribution >= 4 is 23.6 Å². The molecule has 2 aromatic rings. The lowest BCUT2D eigenvalue weighted by molar-refractivity contribution is -0.131. The van der Waals surface area contributed by atoms with E-state index in [9.17, 15) is 9.59 Å². The molecule has 0 spiro atoms. The number of aliphatic carboxylic acids is 1. The van der Waals surface area contributed by atoms with Crippen LogP contribution in [0, 0.1) is 6.92 Å². The van der Waals surface area contributed by atoms with E-state index in [0.717, 1.165) is 17.3 Å². The Bertz CT molecular complexity index is 731. The molecule has 0 radical (unpaired) electrons. The summed E-state index contributed by atoms with van der Waals surface area (Å²) in [7, 11) is 0. The molecule has 1 aromatic heterocycles. The second-order valence-electron chi connectivity index (χ2n) is 5.21. The summed E-state index contributed by atoms with van der Waals surface area (Å²) in [6.07, 6.45) is 4.32. The SMILES string of the molecule is CCN(C(=O)Cn1cccc1/C=C/C(=O)O)c1cccc(C)c1. The Hall–Kier alpha value is -2.82. The molecular formula is C18H20N2O3. The van der Waals surface area contributed by atoms with Gasteiger partial charge >= 0.3 is 5.97 Å². The highest BCUT2D eigenvalue weighted by atomic mass is 16.4. The van der Waals surface area contributed by atoms with Gasteiger partial charge in [-0.15, -0.1) is 0 Å². The van der Waals surface area contributed by atoms with Crippen molar-refractivity contribution in [1.29, 1.82) is 0 Å². The van der Waals surface area contributed by atoms with Crippen molar-refractivity contribution in [2.24, 2.45) is 0 Å². The Morgan fingerprint density at radius 2 is 2.04 bits per heavy atom. The number of nitrogens with zero attached hydrogens (tertiary/aromatic N) is 2. The van der Waals surface area contributed by atoms with Gasteiger partial charge in [-0.2, -0.15) is 0 Å². The zero-order valence-corrected chi connectivity index (χ0v) is 13.3. The highest BCUT2D eigenvalue weighted by Gasteiger charge is 2.15. The Labute approximate surface area is 135 Å². The highest BCUT2D eigenvalue weighted by molar-refractivity contribution is 5.93. The first kappa shape index (κ1) is 16.5. The van der Waals surface area contributed by atoms with Gasteiger partial charge in [-0.3, -0.25) is 4.79 Å². The van der Waals surface area contributed by atoms with Crippen molar-refractivity contribution in [3.8, 4) is 0 Å². The molecule has 0 aliphatic carbocycles. The summed E-state index contributed by atoms with van der Waals surface area (Å²) in [5.41, 5.74) is 2.65. The molecule has 0 aliphatic rings. The van der Waals surface area contributed by atoms with Gasteiger partial charge in [-0.05, 0) is 49.8 Å². The first-order valence-electron chi connectivity index (χ1n) is 7.44. The molecule has 5 nitrogen and oxygen atoms in total. The maximum absolute atomic E-state index is 12.6. The maximum Gasteiger partial charge on any atom is 0.328 e. The normalized spacial score (nSPS) is 10.9. The molecule has 0 atom stereocenters. The van der Waals surface area contributed by atoms with E-state index in [-0.39, 0.29) is 12.5 Å². The third kappa shape index (κ3) is 4.32. The van der Waals surface area contributed by atoms with E-state index in [1.165, 1.54) is 6.08 Å². The Morgan fingerprint density at radius 3 is 2.70 bits per heavy atom. The quantitative estimate of drug-likeness (QED) is 0.834. The fourth-order valence-corrected chi connectivity index (χ4v) is 2.41. The molecule has 1 amide bonds. The molecule has 0 aliphatic heterocycles. The van der Waals surface area contributed by atoms with E-state index < -0.39 is 5.97 Å². The number of carbonyl (C=O) groups excluding carboxylic acids is 1. The monoisotopic (exact) mass is 312 g/mol. The van der Waals surface area contributed by atoms with Gasteiger partial charge in [0.15, 0.2) is 0 Å². The van der Waals surface area contributed by atoms with E-state index in [0.29, 0.717) is 12.2 Å². The first-order chi connectivity index (χ1) is 11.0. The number of hydrogen-bond donors (Lipinski definition) is 1. The van der Waals surface area contributed by atoms with E-state index in [4.69, 9.17) is 5.11 Å². The summed E-state index contributed by atoms with van der Waals surface area (Å²) >= 11 is 0. The summed E-state index contributed by atoms with van der Waals surface area (Å²) in [5.74, 6) is -1.06. The predicted molar refractivity (Wildman–Crippen MR) is 90.3 cm³/mol. The maximum atomic E-state index is 12.6. The molecule has 1 aromatic carbocycles. The second-order valence-corrected chi connectivity index (χ2v) is 5.21. The summed E-state index contributed by atoms with van der Waals surface area (Å²) in [6, 6.07) is 11.4. The number of aromatic nitrogens is 1. The number of aryl methyl sites for hydroxylation is 1. The minimum Gasteiger partial charge on any atom is -0.478 e. The van der Waals surface area contributed by atoms with Gasteiger partial charge in [0.05, 0.1) is 0 Å².